The highest BCUT2D eigenvalue weighted by atomic mass is 16.5. The van der Waals surface area contributed by atoms with Crippen molar-refractivity contribution in [3.05, 3.63) is 48.3 Å². The fourth-order valence-corrected chi connectivity index (χ4v) is 1.82. The highest BCUT2D eigenvalue weighted by molar-refractivity contribution is 5.59. The molecule has 0 N–H and O–H groups in total. The van der Waals surface area contributed by atoms with Gasteiger partial charge in [-0.05, 0) is 12.1 Å². The molecular weight excluding hydrogens is 252 g/mol. The smallest absolute Gasteiger partial charge is 0.180 e. The van der Waals surface area contributed by atoms with Gasteiger partial charge in [0.2, 0.25) is 0 Å². The molecule has 0 unspecified atom stereocenters. The zero-order chi connectivity index (χ0) is 14.4. The molecule has 3 rings (SSSR count). The first-order valence-corrected chi connectivity index (χ1v) is 6.64. The Labute approximate surface area is 118 Å². The average molecular weight is 270 g/mol. The predicted octanol–water partition coefficient (Wildman–Crippen LogP) is 2.96. The van der Waals surface area contributed by atoms with Crippen LogP contribution in [0.15, 0.2) is 42.5 Å². The minimum Gasteiger partial charge on any atom is -0.377 e. The molecule has 0 saturated heterocycles. The first-order valence-electron chi connectivity index (χ1n) is 6.64. The van der Waals surface area contributed by atoms with Gasteiger partial charge in [0.1, 0.15) is 6.61 Å². The Kier molecular flexibility index (Phi) is 4.79. The van der Waals surface area contributed by atoms with E-state index in [1.807, 2.05) is 56.3 Å². The molecule has 0 radical (unpaired) electrons. The summed E-state index contributed by atoms with van der Waals surface area (Å²) in [5.74, 6) is 0.699. The van der Waals surface area contributed by atoms with Crippen molar-refractivity contribution in [1.82, 2.24) is 19.8 Å². The van der Waals surface area contributed by atoms with Gasteiger partial charge in [0.25, 0.3) is 0 Å². The van der Waals surface area contributed by atoms with Crippen LogP contribution in [0.5, 0.6) is 0 Å². The van der Waals surface area contributed by atoms with Gasteiger partial charge in [0.05, 0.1) is 5.69 Å². The maximum atomic E-state index is 5.08. The summed E-state index contributed by atoms with van der Waals surface area (Å²) >= 11 is 0. The van der Waals surface area contributed by atoms with Gasteiger partial charge < -0.3 is 4.74 Å². The van der Waals surface area contributed by atoms with E-state index < -0.39 is 0 Å². The summed E-state index contributed by atoms with van der Waals surface area (Å²) in [4.78, 5) is 0. The molecule has 5 heteroatoms. The molecule has 0 aliphatic heterocycles. The van der Waals surface area contributed by atoms with Crippen LogP contribution in [0.25, 0.3) is 16.9 Å². The summed E-state index contributed by atoms with van der Waals surface area (Å²) in [6, 6.07) is 13.9. The van der Waals surface area contributed by atoms with E-state index in [1.54, 1.807) is 11.6 Å². The first kappa shape index (κ1) is 14.1. The third kappa shape index (κ3) is 2.83. The standard InChI is InChI=1S/C13H12N4O.C2H6/c1-18-9-13-15-14-12-8-7-11(16-17(12)13)10-5-3-2-4-6-10;1-2/h2-8H,9H2,1H3;1-2H3. The molecule has 3 aromatic rings. The third-order valence-corrected chi connectivity index (χ3v) is 2.67. The SMILES string of the molecule is CC.COCc1nnc2ccc(-c3ccccc3)nn12. The Morgan fingerprint density at radius 3 is 2.45 bits per heavy atom. The van der Waals surface area contributed by atoms with E-state index in [4.69, 9.17) is 4.74 Å². The van der Waals surface area contributed by atoms with Crippen molar-refractivity contribution >= 4 is 5.65 Å². The van der Waals surface area contributed by atoms with E-state index in [9.17, 15) is 0 Å². The Morgan fingerprint density at radius 1 is 1.00 bits per heavy atom. The monoisotopic (exact) mass is 270 g/mol. The zero-order valence-corrected chi connectivity index (χ0v) is 11.9. The van der Waals surface area contributed by atoms with Gasteiger partial charge in [-0.25, -0.2) is 0 Å². The van der Waals surface area contributed by atoms with Crippen LogP contribution in [0.2, 0.25) is 0 Å². The molecular formula is C15H18N4O. The molecule has 0 saturated carbocycles. The number of hydrogen-bond acceptors (Lipinski definition) is 4. The van der Waals surface area contributed by atoms with Crippen molar-refractivity contribution in [3.63, 3.8) is 0 Å². The number of methoxy groups -OCH3 is 1. The van der Waals surface area contributed by atoms with Crippen LogP contribution >= 0.6 is 0 Å². The minimum absolute atomic E-state index is 0.395. The Bertz CT molecular complexity index is 664. The minimum atomic E-state index is 0.395. The van der Waals surface area contributed by atoms with Crippen LogP contribution in [-0.4, -0.2) is 26.9 Å². The van der Waals surface area contributed by atoms with Crippen LogP contribution in [0.3, 0.4) is 0 Å². The molecule has 2 aromatic heterocycles. The second-order valence-electron chi connectivity index (χ2n) is 3.90. The van der Waals surface area contributed by atoms with Crippen molar-refractivity contribution < 1.29 is 4.74 Å². The number of ether oxygens (including phenoxy) is 1. The van der Waals surface area contributed by atoms with Crippen molar-refractivity contribution in [1.29, 1.82) is 0 Å². The van der Waals surface area contributed by atoms with E-state index in [0.29, 0.717) is 12.4 Å². The van der Waals surface area contributed by atoms with Gasteiger partial charge >= 0.3 is 0 Å². The maximum absolute atomic E-state index is 5.08. The van der Waals surface area contributed by atoms with Gasteiger partial charge in [0.15, 0.2) is 11.5 Å². The van der Waals surface area contributed by atoms with Gasteiger partial charge in [0, 0.05) is 12.7 Å². The number of rotatable bonds is 3. The molecule has 0 bridgehead atoms. The van der Waals surface area contributed by atoms with E-state index >= 15 is 0 Å². The van der Waals surface area contributed by atoms with Crippen LogP contribution in [-0.2, 0) is 11.3 Å². The van der Waals surface area contributed by atoms with E-state index in [1.165, 1.54) is 0 Å². The van der Waals surface area contributed by atoms with Crippen molar-refractivity contribution in [2.24, 2.45) is 0 Å². The number of benzene rings is 1. The van der Waals surface area contributed by atoms with E-state index in [2.05, 4.69) is 15.3 Å². The van der Waals surface area contributed by atoms with Gasteiger partial charge in [-0.2, -0.15) is 9.61 Å². The molecule has 5 nitrogen and oxygen atoms in total. The average Bonchev–Trinajstić information content (AvgIpc) is 2.93. The second-order valence-corrected chi connectivity index (χ2v) is 3.90. The lowest BCUT2D eigenvalue weighted by atomic mass is 10.1. The van der Waals surface area contributed by atoms with Crippen LogP contribution < -0.4 is 0 Å². The van der Waals surface area contributed by atoms with Crippen molar-refractivity contribution in [2.75, 3.05) is 7.11 Å². The van der Waals surface area contributed by atoms with Crippen LogP contribution in [0.1, 0.15) is 19.7 Å². The third-order valence-electron chi connectivity index (χ3n) is 2.67. The second kappa shape index (κ2) is 6.77. The molecule has 0 aliphatic rings. The molecule has 20 heavy (non-hydrogen) atoms. The number of hydrogen-bond donors (Lipinski definition) is 0. The predicted molar refractivity (Wildman–Crippen MR) is 78.3 cm³/mol. The van der Waals surface area contributed by atoms with Crippen LogP contribution in [0, 0.1) is 0 Å². The summed E-state index contributed by atoms with van der Waals surface area (Å²) in [5.41, 5.74) is 2.68. The molecule has 0 aliphatic carbocycles. The van der Waals surface area contributed by atoms with E-state index in [-0.39, 0.29) is 0 Å². The molecule has 104 valence electrons. The zero-order valence-electron chi connectivity index (χ0n) is 11.9. The first-order chi connectivity index (χ1) is 9.88. The quantitative estimate of drug-likeness (QED) is 0.734. The molecule has 0 amide bonds. The Hall–Kier alpha value is -2.27. The molecule has 0 atom stereocenters. The summed E-state index contributed by atoms with van der Waals surface area (Å²) in [6.45, 7) is 4.40. The molecule has 2 heterocycles. The number of fused-ring (bicyclic) bond motifs is 1. The normalized spacial score (nSPS) is 10.2. The molecule has 0 fully saturated rings. The fraction of sp³-hybridized carbons (Fsp3) is 0.267. The lowest BCUT2D eigenvalue weighted by molar-refractivity contribution is 0.176. The highest BCUT2D eigenvalue weighted by Crippen LogP contribution is 2.16. The number of nitrogens with zero attached hydrogens (tertiary/aromatic N) is 4. The Morgan fingerprint density at radius 2 is 1.75 bits per heavy atom. The fourth-order valence-electron chi connectivity index (χ4n) is 1.82. The summed E-state index contributed by atoms with van der Waals surface area (Å²) in [7, 11) is 1.63. The lowest BCUT2D eigenvalue weighted by Gasteiger charge is -2.02. The maximum Gasteiger partial charge on any atom is 0.180 e. The highest BCUT2D eigenvalue weighted by Gasteiger charge is 2.07. The van der Waals surface area contributed by atoms with Crippen molar-refractivity contribution in [3.8, 4) is 11.3 Å². The van der Waals surface area contributed by atoms with Gasteiger partial charge in [-0.1, -0.05) is 44.2 Å². The van der Waals surface area contributed by atoms with Crippen molar-refractivity contribution in [2.45, 2.75) is 20.5 Å². The summed E-state index contributed by atoms with van der Waals surface area (Å²) in [5, 5.41) is 12.6. The number of aromatic nitrogens is 4. The molecule has 1 aromatic carbocycles. The summed E-state index contributed by atoms with van der Waals surface area (Å²) in [6.07, 6.45) is 0. The summed E-state index contributed by atoms with van der Waals surface area (Å²) < 4.78 is 6.79. The van der Waals surface area contributed by atoms with Gasteiger partial charge in [-0.15, -0.1) is 10.2 Å². The lowest BCUT2D eigenvalue weighted by Crippen LogP contribution is -2.01. The van der Waals surface area contributed by atoms with E-state index in [0.717, 1.165) is 16.9 Å². The molecule has 0 spiro atoms. The van der Waals surface area contributed by atoms with Gasteiger partial charge in [-0.3, -0.25) is 0 Å². The van der Waals surface area contributed by atoms with Crippen LogP contribution in [0.4, 0.5) is 0 Å². The topological polar surface area (TPSA) is 52.3 Å². The Balaban J connectivity index is 0.000000704. The largest absolute Gasteiger partial charge is 0.377 e.